The third-order valence-electron chi connectivity index (χ3n) is 3.11. The van der Waals surface area contributed by atoms with E-state index in [1.54, 1.807) is 18.2 Å². The molecule has 0 saturated carbocycles. The lowest BCUT2D eigenvalue weighted by Crippen LogP contribution is -2.12. The summed E-state index contributed by atoms with van der Waals surface area (Å²) in [5.41, 5.74) is 7.76. The summed E-state index contributed by atoms with van der Waals surface area (Å²) in [7, 11) is 0. The molecule has 0 aliphatic carbocycles. The molecule has 0 aromatic heterocycles. The number of hydrogen-bond acceptors (Lipinski definition) is 2. The predicted octanol–water partition coefficient (Wildman–Crippen LogP) is 4.09. The van der Waals surface area contributed by atoms with E-state index >= 15 is 0 Å². The van der Waals surface area contributed by atoms with Crippen LogP contribution in [0.25, 0.3) is 6.08 Å². The third-order valence-corrected chi connectivity index (χ3v) is 4.24. The summed E-state index contributed by atoms with van der Waals surface area (Å²) in [5.74, 6) is -0.754. The molecule has 110 valence electrons. The highest BCUT2D eigenvalue weighted by atomic mass is 79.9. The summed E-state index contributed by atoms with van der Waals surface area (Å²) >= 11 is 9.80. The Morgan fingerprint density at radius 3 is 2.59 bits per heavy atom. The van der Waals surface area contributed by atoms with E-state index in [4.69, 9.17) is 22.6 Å². The second-order valence-electron chi connectivity index (χ2n) is 4.65. The minimum Gasteiger partial charge on any atom is -0.365 e. The molecular formula is C17H12BrClN2O. The highest BCUT2D eigenvalue weighted by Crippen LogP contribution is 2.25. The van der Waals surface area contributed by atoms with Crippen LogP contribution in [0, 0.1) is 11.3 Å². The van der Waals surface area contributed by atoms with E-state index in [9.17, 15) is 4.79 Å². The molecule has 0 atom stereocenters. The minimum atomic E-state index is -0.754. The van der Waals surface area contributed by atoms with Crippen LogP contribution >= 0.6 is 27.5 Å². The summed E-state index contributed by atoms with van der Waals surface area (Å²) in [6, 6.07) is 15.1. The summed E-state index contributed by atoms with van der Waals surface area (Å²) in [4.78, 5) is 11.1. The highest BCUT2D eigenvalue weighted by Gasteiger charge is 2.07. The summed E-state index contributed by atoms with van der Waals surface area (Å²) in [6.45, 7) is 0. The van der Waals surface area contributed by atoms with E-state index < -0.39 is 5.91 Å². The number of hydrogen-bond donors (Lipinski definition) is 1. The van der Waals surface area contributed by atoms with Crippen molar-refractivity contribution in [2.45, 2.75) is 6.42 Å². The van der Waals surface area contributed by atoms with E-state index in [2.05, 4.69) is 15.9 Å². The Hall–Kier alpha value is -2.09. The minimum absolute atomic E-state index is 0.102. The first kappa shape index (κ1) is 16.3. The van der Waals surface area contributed by atoms with E-state index in [1.165, 1.54) is 6.08 Å². The maximum Gasteiger partial charge on any atom is 0.259 e. The van der Waals surface area contributed by atoms with E-state index in [0.717, 1.165) is 15.6 Å². The van der Waals surface area contributed by atoms with Crippen LogP contribution < -0.4 is 5.73 Å². The first-order chi connectivity index (χ1) is 10.5. The van der Waals surface area contributed by atoms with Crippen LogP contribution in [-0.4, -0.2) is 5.91 Å². The van der Waals surface area contributed by atoms with Crippen LogP contribution in [0.3, 0.4) is 0 Å². The Labute approximate surface area is 142 Å². The van der Waals surface area contributed by atoms with Crippen molar-refractivity contribution in [3.05, 3.63) is 74.2 Å². The molecule has 3 nitrogen and oxygen atoms in total. The number of amides is 1. The molecule has 2 aromatic carbocycles. The zero-order valence-corrected chi connectivity index (χ0v) is 13.9. The van der Waals surface area contributed by atoms with Gasteiger partial charge in [-0.1, -0.05) is 57.9 Å². The molecule has 0 aliphatic heterocycles. The number of primary amides is 1. The van der Waals surface area contributed by atoms with Gasteiger partial charge in [-0.25, -0.2) is 0 Å². The molecule has 2 N–H and O–H groups in total. The largest absolute Gasteiger partial charge is 0.365 e. The van der Waals surface area contributed by atoms with E-state index in [-0.39, 0.29) is 5.57 Å². The molecule has 0 aliphatic rings. The van der Waals surface area contributed by atoms with Gasteiger partial charge in [0, 0.05) is 15.9 Å². The smallest absolute Gasteiger partial charge is 0.259 e. The quantitative estimate of drug-likeness (QED) is 0.646. The van der Waals surface area contributed by atoms with E-state index in [0.29, 0.717) is 17.0 Å². The van der Waals surface area contributed by atoms with Crippen LogP contribution in [0.4, 0.5) is 0 Å². The van der Waals surface area contributed by atoms with Crippen molar-refractivity contribution in [3.63, 3.8) is 0 Å². The Kier molecular flexibility index (Phi) is 5.37. The van der Waals surface area contributed by atoms with Gasteiger partial charge in [0.15, 0.2) is 0 Å². The lowest BCUT2D eigenvalue weighted by Gasteiger charge is -2.07. The fraction of sp³-hybridized carbons (Fsp3) is 0.0588. The monoisotopic (exact) mass is 374 g/mol. The van der Waals surface area contributed by atoms with Crippen LogP contribution in [0.1, 0.15) is 16.7 Å². The van der Waals surface area contributed by atoms with Crippen LogP contribution in [0.15, 0.2) is 52.5 Å². The number of carbonyl (C=O) groups excluding carboxylic acids is 1. The molecule has 22 heavy (non-hydrogen) atoms. The molecule has 0 heterocycles. The van der Waals surface area contributed by atoms with Gasteiger partial charge in [0.2, 0.25) is 0 Å². The number of halogens is 2. The number of nitrogens with zero attached hydrogens (tertiary/aromatic N) is 1. The predicted molar refractivity (Wildman–Crippen MR) is 91.2 cm³/mol. The maximum absolute atomic E-state index is 11.1. The number of rotatable bonds is 4. The Morgan fingerprint density at radius 1 is 1.27 bits per heavy atom. The SMILES string of the molecule is N#C/C(=C\c1ccc(Cc2ccccc2Br)c(Cl)c1)C(N)=O. The second kappa shape index (κ2) is 7.26. The first-order valence-electron chi connectivity index (χ1n) is 6.44. The normalized spacial score (nSPS) is 11.0. The zero-order chi connectivity index (χ0) is 16.1. The average molecular weight is 376 g/mol. The molecule has 5 heteroatoms. The third kappa shape index (κ3) is 3.97. The molecule has 1 amide bonds. The Balaban J connectivity index is 2.30. The Morgan fingerprint density at radius 2 is 2.00 bits per heavy atom. The van der Waals surface area contributed by atoms with Gasteiger partial charge in [0.25, 0.3) is 5.91 Å². The molecule has 0 fully saturated rings. The van der Waals surface area contributed by atoms with Gasteiger partial charge in [0.1, 0.15) is 11.6 Å². The number of nitriles is 1. The van der Waals surface area contributed by atoms with Crippen LogP contribution in [0.2, 0.25) is 5.02 Å². The van der Waals surface area contributed by atoms with Crippen molar-refractivity contribution in [1.82, 2.24) is 0 Å². The average Bonchev–Trinajstić information content (AvgIpc) is 2.49. The van der Waals surface area contributed by atoms with Gasteiger partial charge < -0.3 is 5.73 Å². The summed E-state index contributed by atoms with van der Waals surface area (Å²) in [5, 5.41) is 9.42. The number of carbonyl (C=O) groups is 1. The fourth-order valence-corrected chi connectivity index (χ4v) is 2.65. The lowest BCUT2D eigenvalue weighted by atomic mass is 10.0. The first-order valence-corrected chi connectivity index (χ1v) is 7.62. The molecule has 0 radical (unpaired) electrons. The lowest BCUT2D eigenvalue weighted by molar-refractivity contribution is -0.114. The van der Waals surface area contributed by atoms with Crippen molar-refractivity contribution in [2.75, 3.05) is 0 Å². The van der Waals surface area contributed by atoms with Gasteiger partial charge in [-0.3, -0.25) is 4.79 Å². The molecule has 0 saturated heterocycles. The highest BCUT2D eigenvalue weighted by molar-refractivity contribution is 9.10. The standard InChI is InChI=1S/C17H12BrClN2O/c18-15-4-2-1-3-12(15)9-13-6-5-11(8-16(13)19)7-14(10-20)17(21)22/h1-8H,9H2,(H2,21,22)/b14-7+. The topological polar surface area (TPSA) is 66.9 Å². The van der Waals surface area contributed by atoms with Crippen LogP contribution in [-0.2, 0) is 11.2 Å². The molecule has 0 spiro atoms. The van der Waals surface area contributed by atoms with Crippen molar-refractivity contribution < 1.29 is 4.79 Å². The van der Waals surface area contributed by atoms with Gasteiger partial charge in [0.05, 0.1) is 0 Å². The number of benzene rings is 2. The van der Waals surface area contributed by atoms with Crippen molar-refractivity contribution >= 4 is 39.5 Å². The molecule has 0 bridgehead atoms. The van der Waals surface area contributed by atoms with Crippen LogP contribution in [0.5, 0.6) is 0 Å². The van der Waals surface area contributed by atoms with Crippen molar-refractivity contribution in [1.29, 1.82) is 5.26 Å². The van der Waals surface area contributed by atoms with Gasteiger partial charge in [-0.2, -0.15) is 5.26 Å². The molecule has 2 rings (SSSR count). The fourth-order valence-electron chi connectivity index (χ4n) is 1.97. The van der Waals surface area contributed by atoms with Gasteiger partial charge in [-0.15, -0.1) is 0 Å². The zero-order valence-electron chi connectivity index (χ0n) is 11.5. The van der Waals surface area contributed by atoms with Crippen molar-refractivity contribution in [2.24, 2.45) is 5.73 Å². The van der Waals surface area contributed by atoms with Crippen molar-refractivity contribution in [3.8, 4) is 6.07 Å². The van der Waals surface area contributed by atoms with Gasteiger partial charge in [-0.05, 0) is 34.9 Å². The molecule has 0 unspecified atom stereocenters. The van der Waals surface area contributed by atoms with E-state index in [1.807, 2.05) is 30.3 Å². The molecule has 2 aromatic rings. The Bertz CT molecular complexity index is 793. The molecular weight excluding hydrogens is 364 g/mol. The number of nitrogens with two attached hydrogens (primary N) is 1. The summed E-state index contributed by atoms with van der Waals surface area (Å²) < 4.78 is 1.02. The second-order valence-corrected chi connectivity index (χ2v) is 5.91. The summed E-state index contributed by atoms with van der Waals surface area (Å²) in [6.07, 6.45) is 2.11. The van der Waals surface area contributed by atoms with Gasteiger partial charge >= 0.3 is 0 Å². The maximum atomic E-state index is 11.1.